The van der Waals surface area contributed by atoms with Crippen LogP contribution in [0.5, 0.6) is 0 Å². The van der Waals surface area contributed by atoms with Gasteiger partial charge in [-0.1, -0.05) is 6.07 Å². The first-order chi connectivity index (χ1) is 8.62. The number of carbonyl (C=O) groups excluding carboxylic acids is 1. The summed E-state index contributed by atoms with van der Waals surface area (Å²) in [5.41, 5.74) is 0.373. The summed E-state index contributed by atoms with van der Waals surface area (Å²) < 4.78 is 10.2. The van der Waals surface area contributed by atoms with E-state index in [0.29, 0.717) is 13.2 Å². The van der Waals surface area contributed by atoms with E-state index in [1.165, 1.54) is 7.11 Å². The van der Waals surface area contributed by atoms with Crippen LogP contribution in [0.15, 0.2) is 24.5 Å². The van der Waals surface area contributed by atoms with E-state index >= 15 is 0 Å². The summed E-state index contributed by atoms with van der Waals surface area (Å²) in [7, 11) is 5.31. The van der Waals surface area contributed by atoms with E-state index in [0.717, 1.165) is 5.56 Å². The molecule has 0 bridgehead atoms. The Bertz CT molecular complexity index is 416. The van der Waals surface area contributed by atoms with Crippen molar-refractivity contribution in [3.63, 3.8) is 0 Å². The van der Waals surface area contributed by atoms with Crippen LogP contribution in [-0.4, -0.2) is 50.3 Å². The first kappa shape index (κ1) is 13.0. The number of carbonyl (C=O) groups is 1. The molecule has 0 saturated carbocycles. The molecule has 1 atom stereocenters. The molecule has 0 spiro atoms. The maximum Gasteiger partial charge on any atom is 0.318 e. The lowest BCUT2D eigenvalue weighted by atomic mass is 9.75. The van der Waals surface area contributed by atoms with Crippen molar-refractivity contribution in [3.8, 4) is 0 Å². The lowest BCUT2D eigenvalue weighted by molar-refractivity contribution is -0.197. The number of nitrogens with zero attached hydrogens (tertiary/aromatic N) is 2. The van der Waals surface area contributed by atoms with Gasteiger partial charge in [0.2, 0.25) is 0 Å². The van der Waals surface area contributed by atoms with Gasteiger partial charge in [0, 0.05) is 12.4 Å². The fourth-order valence-electron chi connectivity index (χ4n) is 2.56. The van der Waals surface area contributed by atoms with Gasteiger partial charge in [0.05, 0.1) is 26.4 Å². The third-order valence-electron chi connectivity index (χ3n) is 3.35. The number of ether oxygens (including phenoxy) is 2. The highest BCUT2D eigenvalue weighted by atomic mass is 16.5. The Morgan fingerprint density at radius 1 is 1.56 bits per heavy atom. The molecule has 2 rings (SSSR count). The van der Waals surface area contributed by atoms with Crippen molar-refractivity contribution in [3.05, 3.63) is 30.1 Å². The van der Waals surface area contributed by atoms with Crippen LogP contribution in [0, 0.1) is 5.41 Å². The quantitative estimate of drug-likeness (QED) is 0.742. The molecule has 1 aromatic heterocycles. The van der Waals surface area contributed by atoms with Gasteiger partial charge in [-0.2, -0.15) is 0 Å². The van der Waals surface area contributed by atoms with Crippen LogP contribution >= 0.6 is 0 Å². The molecular formula is C13H18N2O3. The molecule has 0 aromatic carbocycles. The van der Waals surface area contributed by atoms with Crippen LogP contribution in [-0.2, 0) is 14.3 Å². The van der Waals surface area contributed by atoms with E-state index in [-0.39, 0.29) is 12.0 Å². The second-order valence-corrected chi connectivity index (χ2v) is 4.79. The van der Waals surface area contributed by atoms with Crippen molar-refractivity contribution < 1.29 is 14.3 Å². The molecule has 0 N–H and O–H groups in total. The fourth-order valence-corrected chi connectivity index (χ4v) is 2.56. The molecule has 0 radical (unpaired) electrons. The Morgan fingerprint density at radius 3 is 2.67 bits per heavy atom. The standard InChI is InChI=1S/C13H18N2O3/c1-15(2)11(10-5-4-6-14-7-10)13(8-18-9-13)12(16)17-3/h4-7,11H,8-9H2,1-3H3. The van der Waals surface area contributed by atoms with E-state index in [1.807, 2.05) is 31.1 Å². The van der Waals surface area contributed by atoms with Gasteiger partial charge >= 0.3 is 5.97 Å². The molecule has 5 nitrogen and oxygen atoms in total. The van der Waals surface area contributed by atoms with E-state index in [4.69, 9.17) is 9.47 Å². The van der Waals surface area contributed by atoms with Crippen LogP contribution in [0.4, 0.5) is 0 Å². The van der Waals surface area contributed by atoms with Gasteiger partial charge in [-0.25, -0.2) is 0 Å². The topological polar surface area (TPSA) is 51.7 Å². The van der Waals surface area contributed by atoms with Crippen LogP contribution in [0.25, 0.3) is 0 Å². The van der Waals surface area contributed by atoms with Crippen LogP contribution in [0.2, 0.25) is 0 Å². The van der Waals surface area contributed by atoms with E-state index in [9.17, 15) is 4.79 Å². The molecule has 0 aliphatic carbocycles. The van der Waals surface area contributed by atoms with Crippen LogP contribution in [0.1, 0.15) is 11.6 Å². The highest BCUT2D eigenvalue weighted by Crippen LogP contribution is 2.44. The second-order valence-electron chi connectivity index (χ2n) is 4.79. The Hall–Kier alpha value is -1.46. The molecule has 1 aliphatic rings. The molecule has 5 heteroatoms. The number of aromatic nitrogens is 1. The molecule has 1 unspecified atom stereocenters. The largest absolute Gasteiger partial charge is 0.468 e. The predicted octanol–water partition coefficient (Wildman–Crippen LogP) is 0.874. The minimum absolute atomic E-state index is 0.0904. The summed E-state index contributed by atoms with van der Waals surface area (Å²) in [5.74, 6) is -0.226. The van der Waals surface area contributed by atoms with Crippen LogP contribution in [0.3, 0.4) is 0 Å². The Morgan fingerprint density at radius 2 is 2.28 bits per heavy atom. The molecule has 2 heterocycles. The molecule has 1 aliphatic heterocycles. The summed E-state index contributed by atoms with van der Waals surface area (Å²) >= 11 is 0. The number of esters is 1. The maximum absolute atomic E-state index is 12.1. The minimum Gasteiger partial charge on any atom is -0.468 e. The number of rotatable bonds is 4. The summed E-state index contributed by atoms with van der Waals surface area (Å²) in [5, 5.41) is 0. The zero-order valence-corrected chi connectivity index (χ0v) is 10.9. The maximum atomic E-state index is 12.1. The number of methoxy groups -OCH3 is 1. The highest BCUT2D eigenvalue weighted by Gasteiger charge is 2.54. The average Bonchev–Trinajstić information content (AvgIpc) is 2.33. The van der Waals surface area contributed by atoms with E-state index < -0.39 is 5.41 Å². The first-order valence-electron chi connectivity index (χ1n) is 5.84. The molecule has 1 aromatic rings. The van der Waals surface area contributed by atoms with Crippen molar-refractivity contribution >= 4 is 5.97 Å². The fraction of sp³-hybridized carbons (Fsp3) is 0.538. The zero-order valence-electron chi connectivity index (χ0n) is 10.9. The van der Waals surface area contributed by atoms with Crippen molar-refractivity contribution in [2.24, 2.45) is 5.41 Å². The zero-order chi connectivity index (χ0) is 13.2. The summed E-state index contributed by atoms with van der Waals surface area (Å²) in [6, 6.07) is 3.75. The summed E-state index contributed by atoms with van der Waals surface area (Å²) in [4.78, 5) is 18.2. The van der Waals surface area contributed by atoms with E-state index in [1.54, 1.807) is 12.4 Å². The van der Waals surface area contributed by atoms with Gasteiger partial charge in [0.15, 0.2) is 0 Å². The van der Waals surface area contributed by atoms with Gasteiger partial charge in [0.25, 0.3) is 0 Å². The van der Waals surface area contributed by atoms with Crippen molar-refractivity contribution in [2.75, 3.05) is 34.4 Å². The normalized spacial score (nSPS) is 19.1. The number of hydrogen-bond acceptors (Lipinski definition) is 5. The van der Waals surface area contributed by atoms with Gasteiger partial charge < -0.3 is 14.4 Å². The molecule has 0 amide bonds. The van der Waals surface area contributed by atoms with Crippen molar-refractivity contribution in [1.29, 1.82) is 0 Å². The van der Waals surface area contributed by atoms with Gasteiger partial charge in [-0.15, -0.1) is 0 Å². The number of pyridine rings is 1. The van der Waals surface area contributed by atoms with Gasteiger partial charge in [0.1, 0.15) is 5.41 Å². The average molecular weight is 250 g/mol. The number of hydrogen-bond donors (Lipinski definition) is 0. The van der Waals surface area contributed by atoms with Gasteiger partial charge in [-0.05, 0) is 25.7 Å². The SMILES string of the molecule is COC(=O)C1(C(c2cccnc2)N(C)C)COC1. The Kier molecular flexibility index (Phi) is 3.63. The molecule has 18 heavy (non-hydrogen) atoms. The second kappa shape index (κ2) is 5.04. The molecule has 98 valence electrons. The lowest BCUT2D eigenvalue weighted by Gasteiger charge is -2.46. The predicted molar refractivity (Wildman–Crippen MR) is 65.9 cm³/mol. The smallest absolute Gasteiger partial charge is 0.318 e. The molecule has 1 saturated heterocycles. The highest BCUT2D eigenvalue weighted by molar-refractivity contribution is 5.79. The summed E-state index contributed by atoms with van der Waals surface area (Å²) in [6.45, 7) is 0.773. The molecule has 1 fully saturated rings. The Balaban J connectivity index is 2.39. The van der Waals surface area contributed by atoms with Crippen LogP contribution < -0.4 is 0 Å². The van der Waals surface area contributed by atoms with E-state index in [2.05, 4.69) is 4.98 Å². The first-order valence-corrected chi connectivity index (χ1v) is 5.84. The van der Waals surface area contributed by atoms with Gasteiger partial charge in [-0.3, -0.25) is 9.78 Å². The van der Waals surface area contributed by atoms with Crippen molar-refractivity contribution in [2.45, 2.75) is 6.04 Å². The Labute approximate surface area is 107 Å². The summed E-state index contributed by atoms with van der Waals surface area (Å²) in [6.07, 6.45) is 3.51. The van der Waals surface area contributed by atoms with Crippen molar-refractivity contribution in [1.82, 2.24) is 9.88 Å². The third kappa shape index (κ3) is 2.00. The minimum atomic E-state index is -0.624. The monoisotopic (exact) mass is 250 g/mol. The molecular weight excluding hydrogens is 232 g/mol. The lowest BCUT2D eigenvalue weighted by Crippen LogP contribution is -2.57. The third-order valence-corrected chi connectivity index (χ3v) is 3.35.